The van der Waals surface area contributed by atoms with E-state index in [-0.39, 0.29) is 17.5 Å². The Labute approximate surface area is 107 Å². The SMILES string of the molecule is COc1ccc(Nc2nc(NN)ncc2F)cc1F. The zero-order valence-electron chi connectivity index (χ0n) is 9.95. The summed E-state index contributed by atoms with van der Waals surface area (Å²) in [6.45, 7) is 0. The highest BCUT2D eigenvalue weighted by Gasteiger charge is 2.09. The van der Waals surface area contributed by atoms with Gasteiger partial charge >= 0.3 is 0 Å². The lowest BCUT2D eigenvalue weighted by Crippen LogP contribution is -2.12. The maximum Gasteiger partial charge on any atom is 0.239 e. The number of hydrogen-bond acceptors (Lipinski definition) is 6. The molecule has 1 aromatic heterocycles. The van der Waals surface area contributed by atoms with E-state index in [1.165, 1.54) is 19.2 Å². The van der Waals surface area contributed by atoms with Crippen molar-refractivity contribution < 1.29 is 13.5 Å². The normalized spacial score (nSPS) is 10.1. The van der Waals surface area contributed by atoms with E-state index >= 15 is 0 Å². The van der Waals surface area contributed by atoms with Crippen molar-refractivity contribution in [2.75, 3.05) is 17.9 Å². The van der Waals surface area contributed by atoms with Gasteiger partial charge in [-0.2, -0.15) is 4.98 Å². The quantitative estimate of drug-likeness (QED) is 0.578. The number of nitrogen functional groups attached to an aromatic ring is 1. The fourth-order valence-electron chi connectivity index (χ4n) is 1.41. The van der Waals surface area contributed by atoms with E-state index in [0.717, 1.165) is 12.3 Å². The standard InChI is InChI=1S/C11H11F2N5O/c1-19-9-3-2-6(4-7(9)12)16-10-8(13)5-15-11(17-10)18-14/h2-5H,14H2,1H3,(H2,15,16,17,18). The fourth-order valence-corrected chi connectivity index (χ4v) is 1.41. The maximum absolute atomic E-state index is 13.5. The number of hydrazine groups is 1. The molecule has 1 aromatic carbocycles. The topological polar surface area (TPSA) is 85.1 Å². The smallest absolute Gasteiger partial charge is 0.239 e. The molecule has 0 aliphatic carbocycles. The van der Waals surface area contributed by atoms with Gasteiger partial charge in [0.1, 0.15) is 0 Å². The van der Waals surface area contributed by atoms with Crippen LogP contribution in [0, 0.1) is 11.6 Å². The van der Waals surface area contributed by atoms with E-state index in [1.807, 2.05) is 0 Å². The second-order valence-corrected chi connectivity index (χ2v) is 3.51. The average molecular weight is 267 g/mol. The number of benzene rings is 1. The Morgan fingerprint density at radius 1 is 1.26 bits per heavy atom. The molecule has 0 fully saturated rings. The molecule has 19 heavy (non-hydrogen) atoms. The monoisotopic (exact) mass is 267 g/mol. The van der Waals surface area contributed by atoms with Crippen LogP contribution in [0.1, 0.15) is 0 Å². The van der Waals surface area contributed by atoms with Gasteiger partial charge in [0.2, 0.25) is 5.95 Å². The molecule has 0 saturated carbocycles. The number of aromatic nitrogens is 2. The third kappa shape index (κ3) is 2.86. The summed E-state index contributed by atoms with van der Waals surface area (Å²) in [5, 5.41) is 2.62. The minimum absolute atomic E-state index is 0.0397. The highest BCUT2D eigenvalue weighted by Crippen LogP contribution is 2.24. The highest BCUT2D eigenvalue weighted by atomic mass is 19.1. The molecule has 0 atom stereocenters. The van der Waals surface area contributed by atoms with Crippen molar-refractivity contribution in [1.82, 2.24) is 9.97 Å². The predicted octanol–water partition coefficient (Wildman–Crippen LogP) is 1.79. The van der Waals surface area contributed by atoms with Crippen molar-refractivity contribution in [3.05, 3.63) is 36.0 Å². The van der Waals surface area contributed by atoms with Crippen molar-refractivity contribution in [3.8, 4) is 5.75 Å². The number of nitrogens with two attached hydrogens (primary N) is 1. The molecule has 2 aromatic rings. The molecular formula is C11H11F2N5O. The van der Waals surface area contributed by atoms with Crippen LogP contribution in [0.2, 0.25) is 0 Å². The summed E-state index contributed by atoms with van der Waals surface area (Å²) in [6, 6.07) is 4.10. The number of anilines is 3. The molecule has 0 spiro atoms. The van der Waals surface area contributed by atoms with E-state index in [9.17, 15) is 8.78 Å². The van der Waals surface area contributed by atoms with Crippen LogP contribution in [-0.4, -0.2) is 17.1 Å². The second kappa shape index (κ2) is 5.44. The van der Waals surface area contributed by atoms with Crippen molar-refractivity contribution in [3.63, 3.8) is 0 Å². The first-order chi connectivity index (χ1) is 9.13. The zero-order valence-corrected chi connectivity index (χ0v) is 9.95. The maximum atomic E-state index is 13.5. The predicted molar refractivity (Wildman–Crippen MR) is 66.0 cm³/mol. The molecule has 0 amide bonds. The summed E-state index contributed by atoms with van der Waals surface area (Å²) >= 11 is 0. The third-order valence-corrected chi connectivity index (χ3v) is 2.29. The number of halogens is 2. The van der Waals surface area contributed by atoms with Gasteiger partial charge in [-0.05, 0) is 12.1 Å². The number of hydrogen-bond donors (Lipinski definition) is 3. The molecule has 1 heterocycles. The van der Waals surface area contributed by atoms with Gasteiger partial charge in [0.15, 0.2) is 23.2 Å². The van der Waals surface area contributed by atoms with Gasteiger partial charge in [0.05, 0.1) is 13.3 Å². The van der Waals surface area contributed by atoms with Gasteiger partial charge in [0.25, 0.3) is 0 Å². The molecule has 4 N–H and O–H groups in total. The Kier molecular flexibility index (Phi) is 3.71. The largest absolute Gasteiger partial charge is 0.494 e. The summed E-state index contributed by atoms with van der Waals surface area (Å²) in [4.78, 5) is 7.36. The van der Waals surface area contributed by atoms with E-state index in [1.54, 1.807) is 0 Å². The first kappa shape index (κ1) is 13.0. The first-order valence-corrected chi connectivity index (χ1v) is 5.23. The summed E-state index contributed by atoms with van der Waals surface area (Å²) in [6.07, 6.45) is 0.949. The lowest BCUT2D eigenvalue weighted by atomic mass is 10.3. The Bertz CT molecular complexity index is 593. The summed E-state index contributed by atoms with van der Waals surface area (Å²) in [5.74, 6) is 3.88. The van der Waals surface area contributed by atoms with Crippen LogP contribution >= 0.6 is 0 Å². The Hall–Kier alpha value is -2.48. The lowest BCUT2D eigenvalue weighted by molar-refractivity contribution is 0.386. The number of rotatable bonds is 4. The molecule has 0 aliphatic rings. The van der Waals surface area contributed by atoms with E-state index < -0.39 is 11.6 Å². The lowest BCUT2D eigenvalue weighted by Gasteiger charge is -2.09. The Balaban J connectivity index is 2.28. The van der Waals surface area contributed by atoms with Crippen molar-refractivity contribution in [2.45, 2.75) is 0 Å². The Morgan fingerprint density at radius 2 is 2.05 bits per heavy atom. The number of nitrogens with zero attached hydrogens (tertiary/aromatic N) is 2. The molecular weight excluding hydrogens is 256 g/mol. The number of methoxy groups -OCH3 is 1. The van der Waals surface area contributed by atoms with Crippen LogP contribution < -0.4 is 21.3 Å². The number of ether oxygens (including phenoxy) is 1. The van der Waals surface area contributed by atoms with E-state index in [4.69, 9.17) is 10.6 Å². The highest BCUT2D eigenvalue weighted by molar-refractivity contribution is 5.58. The third-order valence-electron chi connectivity index (χ3n) is 2.29. The van der Waals surface area contributed by atoms with Gasteiger partial charge in [-0.3, -0.25) is 5.43 Å². The molecule has 0 bridgehead atoms. The van der Waals surface area contributed by atoms with Crippen LogP contribution in [0.3, 0.4) is 0 Å². The van der Waals surface area contributed by atoms with Crippen molar-refractivity contribution >= 4 is 17.5 Å². The summed E-state index contributed by atoms with van der Waals surface area (Å²) in [5.41, 5.74) is 2.51. The minimum atomic E-state index is -0.685. The van der Waals surface area contributed by atoms with Crippen LogP contribution in [0.15, 0.2) is 24.4 Å². The van der Waals surface area contributed by atoms with Crippen LogP contribution in [-0.2, 0) is 0 Å². The van der Waals surface area contributed by atoms with Gasteiger partial charge in [-0.1, -0.05) is 0 Å². The zero-order chi connectivity index (χ0) is 13.8. The first-order valence-electron chi connectivity index (χ1n) is 5.23. The van der Waals surface area contributed by atoms with Crippen molar-refractivity contribution in [1.29, 1.82) is 0 Å². The number of nitrogens with one attached hydrogen (secondary N) is 2. The molecule has 0 radical (unpaired) electrons. The van der Waals surface area contributed by atoms with E-state index in [2.05, 4.69) is 20.7 Å². The second-order valence-electron chi connectivity index (χ2n) is 3.51. The molecule has 100 valence electrons. The molecule has 6 nitrogen and oxygen atoms in total. The molecule has 0 unspecified atom stereocenters. The molecule has 2 rings (SSSR count). The molecule has 8 heteroatoms. The van der Waals surface area contributed by atoms with Gasteiger partial charge in [-0.15, -0.1) is 0 Å². The van der Waals surface area contributed by atoms with Crippen molar-refractivity contribution in [2.24, 2.45) is 5.84 Å². The molecule has 0 saturated heterocycles. The van der Waals surface area contributed by atoms with Crippen LogP contribution in [0.4, 0.5) is 26.2 Å². The Morgan fingerprint density at radius 3 is 2.68 bits per heavy atom. The van der Waals surface area contributed by atoms with Crippen LogP contribution in [0.5, 0.6) is 5.75 Å². The van der Waals surface area contributed by atoms with Gasteiger partial charge < -0.3 is 10.1 Å². The van der Waals surface area contributed by atoms with Gasteiger partial charge in [-0.25, -0.2) is 19.6 Å². The van der Waals surface area contributed by atoms with E-state index in [0.29, 0.717) is 5.69 Å². The van der Waals surface area contributed by atoms with Gasteiger partial charge in [0, 0.05) is 11.8 Å². The molecule has 0 aliphatic heterocycles. The summed E-state index contributed by atoms with van der Waals surface area (Å²) < 4.78 is 31.7. The minimum Gasteiger partial charge on any atom is -0.494 e. The summed E-state index contributed by atoms with van der Waals surface area (Å²) in [7, 11) is 1.36. The fraction of sp³-hybridized carbons (Fsp3) is 0.0909. The van der Waals surface area contributed by atoms with Crippen LogP contribution in [0.25, 0.3) is 0 Å². The average Bonchev–Trinajstić information content (AvgIpc) is 2.41.